The van der Waals surface area contributed by atoms with Crippen molar-refractivity contribution in [3.63, 3.8) is 0 Å². The quantitative estimate of drug-likeness (QED) is 0.310. The third-order valence-electron chi connectivity index (χ3n) is 9.90. The van der Waals surface area contributed by atoms with Crippen LogP contribution in [0.3, 0.4) is 0 Å². The van der Waals surface area contributed by atoms with Crippen molar-refractivity contribution in [3.05, 3.63) is 53.1 Å². The number of thiazole rings is 1. The summed E-state index contributed by atoms with van der Waals surface area (Å²) in [6, 6.07) is 7.38. The Balaban J connectivity index is 1.21. The fourth-order valence-corrected chi connectivity index (χ4v) is 8.70. The SMILES string of the molecule is CC(C)(C)OC(=O)N[C@H]1CCCCC/C=C\[C@@H]2C[C@@]2(C(=O)NS(C)(=O)=O)NC(=O)[C@@H]2C[C@@H](OC(=O)N3CCc4nc(Nc5ccccc5)sc4C3)CN2C1=O. The minimum absolute atomic E-state index is 0.0858. The lowest BCUT2D eigenvalue weighted by molar-refractivity contribution is -0.141. The molecule has 4 aliphatic rings. The first-order valence-electron chi connectivity index (χ1n) is 18.6. The standard InChI is InChI=1S/C37H49N7O9S2/c1-36(2,3)53-34(48)40-27-16-12-7-5-6-9-13-23-20-37(23,32(47)42-55(4,50)51)41-30(45)28-19-25(21-44(28)31(27)46)52-35(49)43-18-17-26-29(22-43)54-33(39-26)38-24-14-10-8-11-15-24/h8-11,13-15,23,25,27-28H,5-7,12,16-22H2,1-4H3,(H,38,39)(H,40,48)(H,41,45)(H,42,47)/b13-9-/t23-,25-,27+,28+,37-/m1/s1. The molecule has 18 heteroatoms. The summed E-state index contributed by atoms with van der Waals surface area (Å²) in [5, 5.41) is 9.47. The summed E-state index contributed by atoms with van der Waals surface area (Å²) >= 11 is 1.45. The molecule has 4 heterocycles. The number of anilines is 2. The summed E-state index contributed by atoms with van der Waals surface area (Å²) in [7, 11) is -3.95. The Bertz CT molecular complexity index is 1930. The fraction of sp³-hybridized carbons (Fsp3) is 0.568. The van der Waals surface area contributed by atoms with Crippen LogP contribution < -0.4 is 20.7 Å². The maximum Gasteiger partial charge on any atom is 0.410 e. The van der Waals surface area contributed by atoms with Gasteiger partial charge in [0, 0.05) is 35.9 Å². The third kappa shape index (κ3) is 10.1. The molecule has 16 nitrogen and oxygen atoms in total. The Morgan fingerprint density at radius 1 is 1.09 bits per heavy atom. The zero-order valence-corrected chi connectivity index (χ0v) is 33.1. The molecule has 5 amide bonds. The number of aromatic nitrogens is 1. The smallest absolute Gasteiger partial charge is 0.410 e. The monoisotopic (exact) mass is 799 g/mol. The average molecular weight is 800 g/mol. The number of benzene rings is 1. The number of hydrogen-bond acceptors (Lipinski definition) is 12. The number of amides is 5. The van der Waals surface area contributed by atoms with Crippen LogP contribution in [0.4, 0.5) is 20.4 Å². The Hall–Kier alpha value is -4.71. The van der Waals surface area contributed by atoms with E-state index in [1.807, 2.05) is 47.2 Å². The maximum absolute atomic E-state index is 14.4. The first-order chi connectivity index (χ1) is 26.0. The average Bonchev–Trinajstić information content (AvgIpc) is 3.40. The van der Waals surface area contributed by atoms with E-state index >= 15 is 0 Å². The summed E-state index contributed by atoms with van der Waals surface area (Å²) < 4.78 is 37.6. The first kappa shape index (κ1) is 40.0. The molecule has 55 heavy (non-hydrogen) atoms. The van der Waals surface area contributed by atoms with Crippen LogP contribution >= 0.6 is 11.3 Å². The van der Waals surface area contributed by atoms with Gasteiger partial charge in [-0.2, -0.15) is 0 Å². The lowest BCUT2D eigenvalue weighted by Gasteiger charge is -2.30. The molecule has 1 aromatic heterocycles. The summed E-state index contributed by atoms with van der Waals surface area (Å²) in [6.07, 6.45) is 5.88. The van der Waals surface area contributed by atoms with E-state index in [4.69, 9.17) is 14.5 Å². The Labute approximate surface area is 324 Å². The normalized spacial score (nSPS) is 26.5. The van der Waals surface area contributed by atoms with Gasteiger partial charge in [0.15, 0.2) is 5.13 Å². The van der Waals surface area contributed by atoms with E-state index in [1.165, 1.54) is 16.2 Å². The number of alkyl carbamates (subject to hydrolysis) is 1. The van der Waals surface area contributed by atoms with E-state index in [2.05, 4.69) is 16.0 Å². The topological polar surface area (TPSA) is 205 Å². The highest BCUT2D eigenvalue weighted by atomic mass is 32.2. The van der Waals surface area contributed by atoms with Gasteiger partial charge < -0.3 is 35.2 Å². The van der Waals surface area contributed by atoms with Crippen LogP contribution in [0.2, 0.25) is 0 Å². The second kappa shape index (κ2) is 16.2. The molecule has 0 unspecified atom stereocenters. The zero-order chi connectivity index (χ0) is 39.5. The van der Waals surface area contributed by atoms with Crippen LogP contribution in [0.15, 0.2) is 42.5 Å². The number of nitrogens with zero attached hydrogens (tertiary/aromatic N) is 3. The van der Waals surface area contributed by atoms with Gasteiger partial charge in [0.1, 0.15) is 29.3 Å². The summed E-state index contributed by atoms with van der Waals surface area (Å²) in [4.78, 5) is 76.9. The predicted molar refractivity (Wildman–Crippen MR) is 204 cm³/mol. The molecule has 0 radical (unpaired) electrons. The van der Waals surface area contributed by atoms with Gasteiger partial charge in [-0.05, 0) is 58.6 Å². The summed E-state index contributed by atoms with van der Waals surface area (Å²) in [6.45, 7) is 5.60. The number of carbonyl (C=O) groups excluding carboxylic acids is 5. The van der Waals surface area contributed by atoms with Crippen LogP contribution in [0.25, 0.3) is 0 Å². The first-order valence-corrected chi connectivity index (χ1v) is 21.3. The van der Waals surface area contributed by atoms with Gasteiger partial charge in [0.25, 0.3) is 5.91 Å². The van der Waals surface area contributed by atoms with Crippen molar-refractivity contribution in [1.29, 1.82) is 0 Å². The highest BCUT2D eigenvalue weighted by Gasteiger charge is 2.61. The molecule has 3 aliphatic heterocycles. The number of carbonyl (C=O) groups is 5. The van der Waals surface area contributed by atoms with Crippen LogP contribution in [-0.2, 0) is 46.8 Å². The third-order valence-corrected chi connectivity index (χ3v) is 11.4. The van der Waals surface area contributed by atoms with Gasteiger partial charge in [0.05, 0.1) is 25.0 Å². The highest BCUT2D eigenvalue weighted by molar-refractivity contribution is 7.89. The van der Waals surface area contributed by atoms with E-state index < -0.39 is 75.2 Å². The summed E-state index contributed by atoms with van der Waals surface area (Å²) in [5.74, 6) is -2.61. The van der Waals surface area contributed by atoms with Crippen molar-refractivity contribution < 1.29 is 41.9 Å². The number of nitrogens with one attached hydrogen (secondary N) is 4. The molecule has 4 N–H and O–H groups in total. The Morgan fingerprint density at radius 2 is 1.85 bits per heavy atom. The molecule has 6 rings (SSSR count). The van der Waals surface area contributed by atoms with Gasteiger partial charge in [-0.3, -0.25) is 19.1 Å². The van der Waals surface area contributed by atoms with Gasteiger partial charge in [0.2, 0.25) is 21.8 Å². The van der Waals surface area contributed by atoms with E-state index in [-0.39, 0.29) is 32.4 Å². The minimum Gasteiger partial charge on any atom is -0.444 e. The molecule has 0 spiro atoms. The second-order valence-corrected chi connectivity index (χ2v) is 18.4. The molecule has 0 bridgehead atoms. The van der Waals surface area contributed by atoms with Crippen LogP contribution in [0.5, 0.6) is 0 Å². The zero-order valence-electron chi connectivity index (χ0n) is 31.5. The highest BCUT2D eigenvalue weighted by Crippen LogP contribution is 2.45. The lowest BCUT2D eigenvalue weighted by Crippen LogP contribution is -2.58. The Kier molecular flexibility index (Phi) is 11.8. The van der Waals surface area contributed by atoms with Crippen molar-refractivity contribution in [2.45, 2.75) is 108 Å². The molecule has 298 valence electrons. The van der Waals surface area contributed by atoms with Crippen molar-refractivity contribution >= 4 is 62.1 Å². The van der Waals surface area contributed by atoms with Crippen molar-refractivity contribution in [2.75, 3.05) is 24.7 Å². The molecule has 1 saturated carbocycles. The molecular weight excluding hydrogens is 751 g/mol. The number of para-hydroxylation sites is 1. The Morgan fingerprint density at radius 3 is 2.58 bits per heavy atom. The number of hydrogen-bond donors (Lipinski definition) is 4. The van der Waals surface area contributed by atoms with E-state index in [0.717, 1.165) is 35.4 Å². The molecule has 1 saturated heterocycles. The molecular formula is C37H49N7O9S2. The van der Waals surface area contributed by atoms with E-state index in [9.17, 15) is 32.4 Å². The van der Waals surface area contributed by atoms with E-state index in [0.29, 0.717) is 30.9 Å². The molecule has 1 aliphatic carbocycles. The number of allylic oxidation sites excluding steroid dienone is 1. The fourth-order valence-electron chi connectivity index (χ4n) is 7.14. The number of sulfonamides is 1. The summed E-state index contributed by atoms with van der Waals surface area (Å²) in [5.41, 5.74) is -0.591. The number of fused-ring (bicyclic) bond motifs is 3. The molecule has 2 aromatic rings. The lowest BCUT2D eigenvalue weighted by atomic mass is 10.0. The maximum atomic E-state index is 14.4. The van der Waals surface area contributed by atoms with Crippen molar-refractivity contribution in [2.24, 2.45) is 5.92 Å². The molecule has 2 fully saturated rings. The van der Waals surface area contributed by atoms with Crippen LogP contribution in [0.1, 0.15) is 76.3 Å². The number of rotatable bonds is 6. The van der Waals surface area contributed by atoms with Crippen LogP contribution in [0, 0.1) is 5.92 Å². The number of ether oxygens (including phenoxy) is 2. The predicted octanol–water partition coefficient (Wildman–Crippen LogP) is 3.72. The van der Waals surface area contributed by atoms with Crippen LogP contribution in [-0.4, -0.2) is 102 Å². The van der Waals surface area contributed by atoms with Crippen molar-refractivity contribution in [3.8, 4) is 0 Å². The van der Waals surface area contributed by atoms with Crippen molar-refractivity contribution in [1.82, 2.24) is 30.1 Å². The van der Waals surface area contributed by atoms with Gasteiger partial charge in [-0.15, -0.1) is 0 Å². The van der Waals surface area contributed by atoms with Gasteiger partial charge in [-0.25, -0.2) is 23.0 Å². The second-order valence-electron chi connectivity index (χ2n) is 15.5. The molecule has 5 atom stereocenters. The largest absolute Gasteiger partial charge is 0.444 e. The van der Waals surface area contributed by atoms with E-state index in [1.54, 1.807) is 25.7 Å². The van der Waals surface area contributed by atoms with Gasteiger partial charge >= 0.3 is 12.2 Å². The van der Waals surface area contributed by atoms with Gasteiger partial charge in [-0.1, -0.05) is 54.5 Å². The minimum atomic E-state index is -3.95. The molecule has 1 aromatic carbocycles.